The van der Waals surface area contributed by atoms with Crippen molar-refractivity contribution in [3.63, 3.8) is 0 Å². The third kappa shape index (κ3) is 1.93. The number of aromatic nitrogens is 1. The Hall–Kier alpha value is -1.01. The number of hydrogen-bond acceptors (Lipinski definition) is 2. The average molecular weight is 374 g/mol. The summed E-state index contributed by atoms with van der Waals surface area (Å²) >= 11 is 6.97. The van der Waals surface area contributed by atoms with Crippen molar-refractivity contribution >= 4 is 37.8 Å². The van der Waals surface area contributed by atoms with Gasteiger partial charge in [0, 0.05) is 30.8 Å². The van der Waals surface area contributed by atoms with Crippen LogP contribution in [0.4, 0.5) is 0 Å². The molecule has 2 aromatic rings. The van der Waals surface area contributed by atoms with Crippen LogP contribution in [0.1, 0.15) is 21.8 Å². The van der Waals surface area contributed by atoms with Crippen LogP contribution in [0.15, 0.2) is 31.9 Å². The van der Waals surface area contributed by atoms with Crippen LogP contribution in [0.2, 0.25) is 0 Å². The van der Waals surface area contributed by atoms with Gasteiger partial charge >= 0.3 is 0 Å². The minimum Gasteiger partial charge on any atom is -0.459 e. The summed E-state index contributed by atoms with van der Waals surface area (Å²) in [6.45, 7) is 1.30. The lowest BCUT2D eigenvalue weighted by molar-refractivity contribution is 0.0701. The number of carbonyl (C=O) groups is 1. The van der Waals surface area contributed by atoms with E-state index in [1.54, 1.807) is 17.0 Å². The Morgan fingerprint density at radius 1 is 1.44 bits per heavy atom. The number of hydrogen-bond donors (Lipinski definition) is 1. The number of furan rings is 1. The minimum absolute atomic E-state index is 0.0603. The molecule has 2 aromatic heterocycles. The van der Waals surface area contributed by atoms with Crippen LogP contribution in [-0.2, 0) is 13.0 Å². The van der Waals surface area contributed by atoms with Gasteiger partial charge in [0.15, 0.2) is 5.76 Å². The van der Waals surface area contributed by atoms with E-state index in [4.69, 9.17) is 4.42 Å². The molecule has 4 nitrogen and oxygen atoms in total. The summed E-state index contributed by atoms with van der Waals surface area (Å²) in [6, 6.07) is 3.42. The zero-order valence-electron chi connectivity index (χ0n) is 9.37. The van der Waals surface area contributed by atoms with Gasteiger partial charge in [-0.15, -0.1) is 0 Å². The van der Waals surface area contributed by atoms with Crippen LogP contribution < -0.4 is 0 Å². The molecule has 6 heteroatoms. The Morgan fingerprint density at radius 3 is 3.00 bits per heavy atom. The van der Waals surface area contributed by atoms with Crippen LogP contribution in [0.5, 0.6) is 0 Å². The monoisotopic (exact) mass is 372 g/mol. The Morgan fingerprint density at radius 2 is 2.28 bits per heavy atom. The molecular formula is C12H10Br2N2O2. The third-order valence-electron chi connectivity index (χ3n) is 3.08. The number of nitrogens with one attached hydrogen (secondary N) is 1. The summed E-state index contributed by atoms with van der Waals surface area (Å²) in [4.78, 5) is 17.2. The summed E-state index contributed by atoms with van der Waals surface area (Å²) < 4.78 is 7.08. The zero-order valence-corrected chi connectivity index (χ0v) is 12.5. The molecule has 0 aromatic carbocycles. The standard InChI is InChI=1S/C12H10Br2N2O2/c13-10-7-6-16(4-3-8(7)15-11(10)14)12(17)9-2-1-5-18-9/h1-2,5,15H,3-4,6H2. The number of halogens is 2. The molecule has 1 aliphatic rings. The summed E-state index contributed by atoms with van der Waals surface area (Å²) in [5.74, 6) is 0.332. The van der Waals surface area contributed by atoms with E-state index >= 15 is 0 Å². The van der Waals surface area contributed by atoms with E-state index in [1.165, 1.54) is 12.0 Å². The molecule has 0 bridgehead atoms. The highest BCUT2D eigenvalue weighted by atomic mass is 79.9. The predicted octanol–water partition coefficient (Wildman–Crippen LogP) is 3.33. The van der Waals surface area contributed by atoms with Gasteiger partial charge in [0.25, 0.3) is 5.91 Å². The molecule has 1 aliphatic heterocycles. The Labute approximate surface area is 121 Å². The minimum atomic E-state index is -0.0603. The smallest absolute Gasteiger partial charge is 0.289 e. The maximum atomic E-state index is 12.2. The van der Waals surface area contributed by atoms with Crippen molar-refractivity contribution in [2.24, 2.45) is 0 Å². The van der Waals surface area contributed by atoms with Gasteiger partial charge < -0.3 is 14.3 Å². The molecule has 0 fully saturated rings. The van der Waals surface area contributed by atoms with Gasteiger partial charge in [-0.2, -0.15) is 0 Å². The van der Waals surface area contributed by atoms with Crippen LogP contribution >= 0.6 is 31.9 Å². The highest BCUT2D eigenvalue weighted by Crippen LogP contribution is 2.33. The fraction of sp³-hybridized carbons (Fsp3) is 0.250. The molecular weight excluding hydrogens is 364 g/mol. The summed E-state index contributed by atoms with van der Waals surface area (Å²) in [7, 11) is 0. The Kier molecular flexibility index (Phi) is 3.07. The van der Waals surface area contributed by atoms with Gasteiger partial charge in [0.05, 0.1) is 15.3 Å². The Balaban J connectivity index is 1.87. The van der Waals surface area contributed by atoms with Gasteiger partial charge in [0.1, 0.15) is 0 Å². The molecule has 3 heterocycles. The number of aromatic amines is 1. The topological polar surface area (TPSA) is 49.2 Å². The van der Waals surface area contributed by atoms with Crippen molar-refractivity contribution in [3.8, 4) is 0 Å². The molecule has 0 saturated carbocycles. The molecule has 0 atom stereocenters. The first-order valence-electron chi connectivity index (χ1n) is 5.54. The first-order chi connectivity index (χ1) is 8.66. The molecule has 1 N–H and O–H groups in total. The van der Waals surface area contributed by atoms with Crippen molar-refractivity contribution < 1.29 is 9.21 Å². The van der Waals surface area contributed by atoms with Crippen molar-refractivity contribution in [1.29, 1.82) is 0 Å². The number of carbonyl (C=O) groups excluding carboxylic acids is 1. The van der Waals surface area contributed by atoms with Crippen molar-refractivity contribution in [2.75, 3.05) is 6.54 Å². The molecule has 94 valence electrons. The van der Waals surface area contributed by atoms with Crippen LogP contribution in [0.3, 0.4) is 0 Å². The van der Waals surface area contributed by atoms with Gasteiger partial charge in [-0.3, -0.25) is 4.79 Å². The number of H-pyrrole nitrogens is 1. The van der Waals surface area contributed by atoms with Gasteiger partial charge in [-0.1, -0.05) is 0 Å². The van der Waals surface area contributed by atoms with Crippen LogP contribution in [-0.4, -0.2) is 22.3 Å². The molecule has 3 rings (SSSR count). The maximum absolute atomic E-state index is 12.2. The van der Waals surface area contributed by atoms with E-state index < -0.39 is 0 Å². The van der Waals surface area contributed by atoms with Crippen LogP contribution in [0.25, 0.3) is 0 Å². The van der Waals surface area contributed by atoms with E-state index in [0.717, 1.165) is 21.1 Å². The van der Waals surface area contributed by atoms with Crippen LogP contribution in [0, 0.1) is 0 Å². The van der Waals surface area contributed by atoms with E-state index in [0.29, 0.717) is 18.8 Å². The highest BCUT2D eigenvalue weighted by Gasteiger charge is 2.26. The molecule has 18 heavy (non-hydrogen) atoms. The van der Waals surface area contributed by atoms with Gasteiger partial charge in [-0.25, -0.2) is 0 Å². The molecule has 0 spiro atoms. The fourth-order valence-corrected chi connectivity index (χ4v) is 3.09. The van der Waals surface area contributed by atoms with E-state index in [-0.39, 0.29) is 5.91 Å². The van der Waals surface area contributed by atoms with Crippen molar-refractivity contribution in [1.82, 2.24) is 9.88 Å². The number of fused-ring (bicyclic) bond motifs is 1. The van der Waals surface area contributed by atoms with E-state index in [2.05, 4.69) is 36.8 Å². The van der Waals surface area contributed by atoms with Gasteiger partial charge in [0.2, 0.25) is 0 Å². The second-order valence-corrected chi connectivity index (χ2v) is 5.75. The van der Waals surface area contributed by atoms with Gasteiger partial charge in [-0.05, 0) is 44.0 Å². The summed E-state index contributed by atoms with van der Waals surface area (Å²) in [5, 5.41) is 0. The normalized spacial score (nSPS) is 14.7. The highest BCUT2D eigenvalue weighted by molar-refractivity contribution is 9.13. The largest absolute Gasteiger partial charge is 0.459 e. The van der Waals surface area contributed by atoms with Crippen molar-refractivity contribution in [2.45, 2.75) is 13.0 Å². The lowest BCUT2D eigenvalue weighted by atomic mass is 10.1. The van der Waals surface area contributed by atoms with E-state index in [1.807, 2.05) is 0 Å². The summed E-state index contributed by atoms with van der Waals surface area (Å²) in [6.07, 6.45) is 2.34. The zero-order chi connectivity index (χ0) is 12.7. The number of amides is 1. The number of rotatable bonds is 1. The molecule has 0 saturated heterocycles. The average Bonchev–Trinajstić information content (AvgIpc) is 2.99. The first kappa shape index (κ1) is 12.0. The lowest BCUT2D eigenvalue weighted by Gasteiger charge is -2.26. The number of nitrogens with zero attached hydrogens (tertiary/aromatic N) is 1. The lowest BCUT2D eigenvalue weighted by Crippen LogP contribution is -2.35. The molecule has 0 unspecified atom stereocenters. The van der Waals surface area contributed by atoms with E-state index in [9.17, 15) is 4.79 Å². The maximum Gasteiger partial charge on any atom is 0.289 e. The van der Waals surface area contributed by atoms with Crippen molar-refractivity contribution in [3.05, 3.63) is 44.5 Å². The first-order valence-corrected chi connectivity index (χ1v) is 7.13. The molecule has 0 aliphatic carbocycles. The molecule has 1 amide bonds. The Bertz CT molecular complexity index is 589. The SMILES string of the molecule is O=C(c1ccco1)N1CCc2[nH]c(Br)c(Br)c2C1. The predicted molar refractivity (Wildman–Crippen MR) is 73.3 cm³/mol. The fourth-order valence-electron chi connectivity index (χ4n) is 2.15. The second-order valence-electron chi connectivity index (χ2n) is 4.16. The third-order valence-corrected chi connectivity index (χ3v) is 5.08. The second kappa shape index (κ2) is 4.59. The quantitative estimate of drug-likeness (QED) is 0.833. The summed E-state index contributed by atoms with van der Waals surface area (Å²) in [5.41, 5.74) is 2.31. The molecule has 0 radical (unpaired) electrons.